The molecule has 0 unspecified atom stereocenters. The summed E-state index contributed by atoms with van der Waals surface area (Å²) < 4.78 is 24.9. The van der Waals surface area contributed by atoms with Crippen molar-refractivity contribution in [3.63, 3.8) is 0 Å². The summed E-state index contributed by atoms with van der Waals surface area (Å²) in [4.78, 5) is 12.5. The number of nitrogens with zero attached hydrogens (tertiary/aromatic N) is 1. The topological polar surface area (TPSA) is 92.5 Å². The van der Waals surface area contributed by atoms with Crippen LogP contribution in [0.3, 0.4) is 0 Å². The third-order valence-electron chi connectivity index (χ3n) is 4.72. The summed E-state index contributed by atoms with van der Waals surface area (Å²) in [5.74, 6) is -0.167. The highest BCUT2D eigenvalue weighted by atomic mass is 32.2. The Morgan fingerprint density at radius 3 is 2.52 bits per heavy atom. The maximum absolute atomic E-state index is 12.5. The van der Waals surface area contributed by atoms with Crippen molar-refractivity contribution in [1.82, 2.24) is 5.32 Å². The van der Waals surface area contributed by atoms with Crippen molar-refractivity contribution in [2.45, 2.75) is 38.6 Å². The van der Waals surface area contributed by atoms with Gasteiger partial charge in [-0.2, -0.15) is 0 Å². The summed E-state index contributed by atoms with van der Waals surface area (Å²) >= 11 is 0. The highest BCUT2D eigenvalue weighted by molar-refractivity contribution is 7.92. The van der Waals surface area contributed by atoms with Crippen LogP contribution in [-0.4, -0.2) is 39.2 Å². The molecule has 6 nitrogen and oxygen atoms in total. The normalized spacial score (nSPS) is 14.7. The zero-order chi connectivity index (χ0) is 17.3. The van der Waals surface area contributed by atoms with Gasteiger partial charge in [0.25, 0.3) is 5.91 Å². The Morgan fingerprint density at radius 2 is 2.00 bits per heavy atom. The van der Waals surface area contributed by atoms with Gasteiger partial charge in [-0.25, -0.2) is 8.42 Å². The van der Waals surface area contributed by atoms with E-state index in [-0.39, 0.29) is 5.91 Å². The van der Waals surface area contributed by atoms with Gasteiger partial charge in [-0.15, -0.1) is 0 Å². The Kier molecular flexibility index (Phi) is 5.01. The lowest BCUT2D eigenvalue weighted by Crippen LogP contribution is -2.52. The maximum Gasteiger partial charge on any atom is 0.251 e. The zero-order valence-electron chi connectivity index (χ0n) is 13.9. The number of carbonyl (C=O) groups is 1. The molecule has 0 saturated carbocycles. The second-order valence-corrected chi connectivity index (χ2v) is 7.98. The number of benzene rings is 1. The van der Waals surface area contributed by atoms with E-state index >= 15 is 0 Å². The molecule has 1 aromatic carbocycles. The molecule has 0 aromatic heterocycles. The van der Waals surface area contributed by atoms with E-state index in [1.807, 2.05) is 13.8 Å². The van der Waals surface area contributed by atoms with Crippen LogP contribution in [0.25, 0.3) is 0 Å². The fourth-order valence-electron chi connectivity index (χ4n) is 2.94. The van der Waals surface area contributed by atoms with E-state index < -0.39 is 15.6 Å². The van der Waals surface area contributed by atoms with Crippen molar-refractivity contribution >= 4 is 21.6 Å². The fourth-order valence-corrected chi connectivity index (χ4v) is 3.90. The highest BCUT2D eigenvalue weighted by Crippen LogP contribution is 2.30. The molecule has 0 radical (unpaired) electrons. The molecule has 128 valence electrons. The van der Waals surface area contributed by atoms with Gasteiger partial charge in [0, 0.05) is 18.7 Å². The van der Waals surface area contributed by atoms with Gasteiger partial charge in [-0.05, 0) is 43.0 Å². The summed E-state index contributed by atoms with van der Waals surface area (Å²) in [5.41, 5.74) is 7.52. The van der Waals surface area contributed by atoms with Crippen LogP contribution < -0.4 is 15.4 Å². The van der Waals surface area contributed by atoms with Gasteiger partial charge in [-0.3, -0.25) is 9.10 Å². The number of carbonyl (C=O) groups excluding carboxylic acids is 1. The second-order valence-electron chi connectivity index (χ2n) is 6.07. The van der Waals surface area contributed by atoms with Gasteiger partial charge in [-0.1, -0.05) is 13.8 Å². The van der Waals surface area contributed by atoms with Crippen LogP contribution in [0.1, 0.15) is 42.6 Å². The van der Waals surface area contributed by atoms with Crippen molar-refractivity contribution in [2.75, 3.05) is 23.7 Å². The minimum absolute atomic E-state index is 0.167. The lowest BCUT2D eigenvalue weighted by atomic mass is 9.92. The summed E-state index contributed by atoms with van der Waals surface area (Å²) in [6.45, 7) is 4.82. The quantitative estimate of drug-likeness (QED) is 0.816. The number of nitrogens with two attached hydrogens (primary N) is 1. The van der Waals surface area contributed by atoms with Crippen molar-refractivity contribution < 1.29 is 13.2 Å². The molecule has 0 aliphatic carbocycles. The van der Waals surface area contributed by atoms with Crippen LogP contribution >= 0.6 is 0 Å². The van der Waals surface area contributed by atoms with Crippen molar-refractivity contribution in [3.8, 4) is 0 Å². The molecule has 23 heavy (non-hydrogen) atoms. The average Bonchev–Trinajstić information content (AvgIpc) is 2.95. The molecule has 1 amide bonds. The third kappa shape index (κ3) is 3.50. The Hall–Kier alpha value is -1.60. The highest BCUT2D eigenvalue weighted by Gasteiger charge is 2.29. The van der Waals surface area contributed by atoms with Crippen LogP contribution in [-0.2, 0) is 16.4 Å². The van der Waals surface area contributed by atoms with Crippen molar-refractivity contribution in [1.29, 1.82) is 0 Å². The second kappa shape index (κ2) is 6.49. The summed E-state index contributed by atoms with van der Waals surface area (Å²) in [7, 11) is -3.27. The van der Waals surface area contributed by atoms with E-state index in [0.29, 0.717) is 30.8 Å². The zero-order valence-corrected chi connectivity index (χ0v) is 14.7. The average molecular weight is 339 g/mol. The Balaban J connectivity index is 2.25. The molecule has 1 heterocycles. The van der Waals surface area contributed by atoms with Gasteiger partial charge in [0.15, 0.2) is 0 Å². The number of hydrogen-bond donors (Lipinski definition) is 2. The molecule has 1 aromatic rings. The molecule has 0 saturated heterocycles. The lowest BCUT2D eigenvalue weighted by Gasteiger charge is -2.31. The van der Waals surface area contributed by atoms with Crippen molar-refractivity contribution in [2.24, 2.45) is 5.73 Å². The van der Waals surface area contributed by atoms with E-state index in [2.05, 4.69) is 5.32 Å². The summed E-state index contributed by atoms with van der Waals surface area (Å²) in [6, 6.07) is 5.16. The molecule has 3 N–H and O–H groups in total. The molecule has 1 aliphatic rings. The first kappa shape index (κ1) is 17.7. The first-order chi connectivity index (χ1) is 10.8. The van der Waals surface area contributed by atoms with Crippen LogP contribution in [0, 0.1) is 0 Å². The smallest absolute Gasteiger partial charge is 0.251 e. The number of amides is 1. The van der Waals surface area contributed by atoms with Crippen molar-refractivity contribution in [3.05, 3.63) is 29.3 Å². The number of hydrogen-bond acceptors (Lipinski definition) is 4. The van der Waals surface area contributed by atoms with E-state index in [1.54, 1.807) is 18.2 Å². The molecule has 0 bridgehead atoms. The molecule has 0 spiro atoms. The van der Waals surface area contributed by atoms with E-state index in [1.165, 1.54) is 10.6 Å². The van der Waals surface area contributed by atoms with E-state index in [4.69, 9.17) is 5.73 Å². The predicted octanol–water partition coefficient (Wildman–Crippen LogP) is 1.26. The number of sulfonamides is 1. The number of nitrogens with one attached hydrogen (secondary N) is 1. The van der Waals surface area contributed by atoms with Crippen LogP contribution in [0.5, 0.6) is 0 Å². The fraction of sp³-hybridized carbons (Fsp3) is 0.562. The molecule has 0 atom stereocenters. The third-order valence-corrected chi connectivity index (χ3v) is 5.90. The van der Waals surface area contributed by atoms with Crippen LogP contribution in [0.15, 0.2) is 18.2 Å². The molecular weight excluding hydrogens is 314 g/mol. The number of rotatable bonds is 6. The molecular formula is C16H25N3O3S. The molecule has 7 heteroatoms. The molecule has 0 fully saturated rings. The Labute approximate surface area is 138 Å². The first-order valence-electron chi connectivity index (χ1n) is 7.89. The minimum atomic E-state index is -3.27. The minimum Gasteiger partial charge on any atom is -0.345 e. The standard InChI is InChI=1S/C16H25N3O3S/c1-4-16(5-2,11-17)18-15(20)13-6-7-14-12(10-13)8-9-19(14)23(3,21)22/h6-7,10H,4-5,8-9,11,17H2,1-3H3,(H,18,20). The van der Waals surface area contributed by atoms with E-state index in [9.17, 15) is 13.2 Å². The SMILES string of the molecule is CCC(CC)(CN)NC(=O)c1ccc2c(c1)CCN2S(C)(=O)=O. The number of fused-ring (bicyclic) bond motifs is 1. The van der Waals surface area contributed by atoms with Gasteiger partial charge < -0.3 is 11.1 Å². The van der Waals surface area contributed by atoms with Gasteiger partial charge >= 0.3 is 0 Å². The van der Waals surface area contributed by atoms with E-state index in [0.717, 1.165) is 18.4 Å². The lowest BCUT2D eigenvalue weighted by molar-refractivity contribution is 0.0895. The van der Waals surface area contributed by atoms with Crippen LogP contribution in [0.4, 0.5) is 5.69 Å². The molecule has 2 rings (SSSR count). The number of anilines is 1. The molecule has 1 aliphatic heterocycles. The van der Waals surface area contributed by atoms with Gasteiger partial charge in [0.1, 0.15) is 0 Å². The summed E-state index contributed by atoms with van der Waals surface area (Å²) in [6.07, 6.45) is 3.34. The Bertz CT molecular complexity index is 688. The van der Waals surface area contributed by atoms with Crippen LogP contribution in [0.2, 0.25) is 0 Å². The monoisotopic (exact) mass is 339 g/mol. The summed E-state index contributed by atoms with van der Waals surface area (Å²) in [5, 5.41) is 3.03. The largest absolute Gasteiger partial charge is 0.345 e. The predicted molar refractivity (Wildman–Crippen MR) is 92.2 cm³/mol. The van der Waals surface area contributed by atoms with Gasteiger partial charge in [0.2, 0.25) is 10.0 Å². The maximum atomic E-state index is 12.5. The first-order valence-corrected chi connectivity index (χ1v) is 9.74. The Morgan fingerprint density at radius 1 is 1.35 bits per heavy atom. The van der Waals surface area contributed by atoms with Gasteiger partial charge in [0.05, 0.1) is 17.5 Å².